The van der Waals surface area contributed by atoms with Crippen molar-refractivity contribution in [3.63, 3.8) is 0 Å². The van der Waals surface area contributed by atoms with E-state index < -0.39 is 0 Å². The number of hydrogen-bond donors (Lipinski definition) is 1. The molecule has 2 rings (SSSR count). The first kappa shape index (κ1) is 8.55. The van der Waals surface area contributed by atoms with Crippen LogP contribution in [0.15, 0.2) is 0 Å². The molecule has 1 heteroatoms. The lowest BCUT2D eigenvalue weighted by Crippen LogP contribution is -2.54. The van der Waals surface area contributed by atoms with Crippen LogP contribution in [-0.4, -0.2) is 12.1 Å². The summed E-state index contributed by atoms with van der Waals surface area (Å²) in [6, 6.07) is 0. The van der Waals surface area contributed by atoms with Crippen LogP contribution in [0.25, 0.3) is 0 Å². The molecular weight excluding hydrogens is 146 g/mol. The van der Waals surface area contributed by atoms with Gasteiger partial charge in [0.2, 0.25) is 0 Å². The van der Waals surface area contributed by atoms with E-state index in [4.69, 9.17) is 0 Å². The summed E-state index contributed by atoms with van der Waals surface area (Å²) < 4.78 is 0. The van der Waals surface area contributed by atoms with Gasteiger partial charge in [0, 0.05) is 5.54 Å². The Kier molecular flexibility index (Phi) is 2.40. The van der Waals surface area contributed by atoms with Crippen molar-refractivity contribution in [1.82, 2.24) is 5.32 Å². The monoisotopic (exact) mass is 167 g/mol. The molecule has 1 nitrogen and oxygen atoms in total. The fourth-order valence-corrected chi connectivity index (χ4v) is 3.04. The quantitative estimate of drug-likeness (QED) is 0.585. The van der Waals surface area contributed by atoms with Gasteiger partial charge in [0.15, 0.2) is 0 Å². The molecule has 0 bridgehead atoms. The second kappa shape index (κ2) is 3.37. The fourth-order valence-electron chi connectivity index (χ4n) is 3.04. The molecule has 2 fully saturated rings. The second-order valence-corrected chi connectivity index (χ2v) is 4.69. The highest BCUT2D eigenvalue weighted by molar-refractivity contribution is 4.97. The molecule has 1 heterocycles. The topological polar surface area (TPSA) is 12.0 Å². The van der Waals surface area contributed by atoms with Gasteiger partial charge in [-0.25, -0.2) is 0 Å². The molecule has 2 atom stereocenters. The maximum Gasteiger partial charge on any atom is 0.0207 e. The summed E-state index contributed by atoms with van der Waals surface area (Å²) in [6.07, 6.45) is 10.1. The van der Waals surface area contributed by atoms with Gasteiger partial charge < -0.3 is 5.32 Å². The molecule has 12 heavy (non-hydrogen) atoms. The second-order valence-electron chi connectivity index (χ2n) is 4.69. The van der Waals surface area contributed by atoms with Crippen LogP contribution in [0.4, 0.5) is 0 Å². The zero-order valence-corrected chi connectivity index (χ0v) is 8.23. The van der Waals surface area contributed by atoms with E-state index in [1.165, 1.54) is 51.5 Å². The van der Waals surface area contributed by atoms with Crippen molar-refractivity contribution in [3.05, 3.63) is 0 Å². The Labute approximate surface area is 75.9 Å². The highest BCUT2D eigenvalue weighted by Crippen LogP contribution is 2.38. The highest BCUT2D eigenvalue weighted by atomic mass is 15.0. The van der Waals surface area contributed by atoms with Crippen LogP contribution in [0.2, 0.25) is 0 Å². The van der Waals surface area contributed by atoms with Gasteiger partial charge in [-0.3, -0.25) is 0 Å². The average Bonchev–Trinajstić information content (AvgIpc) is 2.12. The first-order valence-corrected chi connectivity index (χ1v) is 5.58. The van der Waals surface area contributed by atoms with Crippen molar-refractivity contribution < 1.29 is 0 Å². The Morgan fingerprint density at radius 2 is 1.83 bits per heavy atom. The number of hydrogen-bond acceptors (Lipinski definition) is 1. The third kappa shape index (κ3) is 1.39. The third-order valence-corrected chi connectivity index (χ3v) is 3.98. The minimum absolute atomic E-state index is 0.566. The van der Waals surface area contributed by atoms with Gasteiger partial charge >= 0.3 is 0 Å². The van der Waals surface area contributed by atoms with Gasteiger partial charge in [-0.05, 0) is 38.1 Å². The summed E-state index contributed by atoms with van der Waals surface area (Å²) in [6.45, 7) is 3.71. The number of nitrogens with one attached hydrogen (secondary N) is 1. The summed E-state index contributed by atoms with van der Waals surface area (Å²) in [5.41, 5.74) is 0.566. The Hall–Kier alpha value is -0.0400. The Morgan fingerprint density at radius 1 is 1.08 bits per heavy atom. The van der Waals surface area contributed by atoms with Crippen LogP contribution in [0.5, 0.6) is 0 Å². The van der Waals surface area contributed by atoms with Crippen LogP contribution < -0.4 is 5.32 Å². The molecule has 70 valence electrons. The molecule has 1 saturated heterocycles. The van der Waals surface area contributed by atoms with E-state index in [2.05, 4.69) is 12.2 Å². The molecule has 0 aromatic carbocycles. The van der Waals surface area contributed by atoms with E-state index >= 15 is 0 Å². The van der Waals surface area contributed by atoms with Crippen molar-refractivity contribution in [3.8, 4) is 0 Å². The SMILES string of the molecule is C[C@@H]1CCCC[C@]12CCCCN2. The molecule has 0 amide bonds. The van der Waals surface area contributed by atoms with Crippen molar-refractivity contribution in [2.45, 2.75) is 57.4 Å². The summed E-state index contributed by atoms with van der Waals surface area (Å²) in [5, 5.41) is 3.78. The molecule has 1 spiro atoms. The van der Waals surface area contributed by atoms with Crippen molar-refractivity contribution in [2.75, 3.05) is 6.54 Å². The van der Waals surface area contributed by atoms with Crippen LogP contribution in [0.1, 0.15) is 51.9 Å². The van der Waals surface area contributed by atoms with Gasteiger partial charge in [-0.1, -0.05) is 26.2 Å². The van der Waals surface area contributed by atoms with E-state index in [-0.39, 0.29) is 0 Å². The van der Waals surface area contributed by atoms with Crippen molar-refractivity contribution in [1.29, 1.82) is 0 Å². The molecule has 1 aliphatic heterocycles. The van der Waals surface area contributed by atoms with Gasteiger partial charge in [-0.2, -0.15) is 0 Å². The zero-order valence-electron chi connectivity index (χ0n) is 8.23. The van der Waals surface area contributed by atoms with Crippen LogP contribution >= 0.6 is 0 Å². The predicted octanol–water partition coefficient (Wildman–Crippen LogP) is 2.71. The molecule has 2 aliphatic rings. The Balaban J connectivity index is 2.04. The predicted molar refractivity (Wildman–Crippen MR) is 52.2 cm³/mol. The van der Waals surface area contributed by atoms with E-state index in [1.54, 1.807) is 0 Å². The van der Waals surface area contributed by atoms with E-state index in [9.17, 15) is 0 Å². The smallest absolute Gasteiger partial charge is 0.0207 e. The van der Waals surface area contributed by atoms with Gasteiger partial charge in [0.05, 0.1) is 0 Å². The van der Waals surface area contributed by atoms with Crippen molar-refractivity contribution in [2.24, 2.45) is 5.92 Å². The van der Waals surface area contributed by atoms with Crippen LogP contribution in [0, 0.1) is 5.92 Å². The van der Waals surface area contributed by atoms with E-state index in [0.717, 1.165) is 5.92 Å². The lowest BCUT2D eigenvalue weighted by atomic mass is 9.69. The first-order valence-electron chi connectivity index (χ1n) is 5.58. The summed E-state index contributed by atoms with van der Waals surface area (Å²) in [5.74, 6) is 0.923. The summed E-state index contributed by atoms with van der Waals surface area (Å²) >= 11 is 0. The highest BCUT2D eigenvalue weighted by Gasteiger charge is 2.38. The fraction of sp³-hybridized carbons (Fsp3) is 1.00. The lowest BCUT2D eigenvalue weighted by Gasteiger charge is -2.46. The van der Waals surface area contributed by atoms with Crippen LogP contribution in [0.3, 0.4) is 0 Å². The minimum Gasteiger partial charge on any atom is -0.311 e. The maximum absolute atomic E-state index is 3.78. The Bertz CT molecular complexity index is 139. The number of piperidine rings is 1. The van der Waals surface area contributed by atoms with Crippen molar-refractivity contribution >= 4 is 0 Å². The molecule has 0 radical (unpaired) electrons. The van der Waals surface area contributed by atoms with Gasteiger partial charge in [-0.15, -0.1) is 0 Å². The molecular formula is C11H21N. The zero-order chi connectivity index (χ0) is 8.44. The minimum atomic E-state index is 0.566. The third-order valence-electron chi connectivity index (χ3n) is 3.98. The number of rotatable bonds is 0. The van der Waals surface area contributed by atoms with E-state index in [1.807, 2.05) is 0 Å². The first-order chi connectivity index (χ1) is 5.83. The van der Waals surface area contributed by atoms with Gasteiger partial charge in [0.1, 0.15) is 0 Å². The Morgan fingerprint density at radius 3 is 2.42 bits per heavy atom. The largest absolute Gasteiger partial charge is 0.311 e. The summed E-state index contributed by atoms with van der Waals surface area (Å²) in [7, 11) is 0. The molecule has 0 aromatic heterocycles. The normalized spacial score (nSPS) is 43.2. The maximum atomic E-state index is 3.78. The van der Waals surface area contributed by atoms with E-state index in [0.29, 0.717) is 5.54 Å². The average molecular weight is 167 g/mol. The molecule has 1 saturated carbocycles. The van der Waals surface area contributed by atoms with Crippen LogP contribution in [-0.2, 0) is 0 Å². The lowest BCUT2D eigenvalue weighted by molar-refractivity contribution is 0.119. The molecule has 1 N–H and O–H groups in total. The molecule has 0 unspecified atom stereocenters. The molecule has 0 aromatic rings. The standard InChI is InChI=1S/C11H21N/c1-10-6-2-3-7-11(10)8-4-5-9-12-11/h10,12H,2-9H2,1H3/t10-,11+/m1/s1. The molecule has 1 aliphatic carbocycles. The van der Waals surface area contributed by atoms with Gasteiger partial charge in [0.25, 0.3) is 0 Å². The summed E-state index contributed by atoms with van der Waals surface area (Å²) in [4.78, 5) is 0.